The molecule has 41 heavy (non-hydrogen) atoms. The maximum Gasteiger partial charge on any atom is 0.243 e. The van der Waals surface area contributed by atoms with Gasteiger partial charge in [0.25, 0.3) is 0 Å². The minimum absolute atomic E-state index is 0.0151. The molecular formula is C30H34Cl3N3O4S. The van der Waals surface area contributed by atoms with E-state index < -0.39 is 16.1 Å². The molecule has 0 aliphatic carbocycles. The number of anilines is 1. The predicted octanol–water partition coefficient (Wildman–Crippen LogP) is 6.36. The summed E-state index contributed by atoms with van der Waals surface area (Å²) in [5, 5.41) is 4.16. The molecule has 1 N–H and O–H groups in total. The quantitative estimate of drug-likeness (QED) is 0.236. The lowest BCUT2D eigenvalue weighted by Gasteiger charge is -2.32. The monoisotopic (exact) mass is 637 g/mol. The van der Waals surface area contributed by atoms with Crippen LogP contribution < -0.4 is 9.62 Å². The lowest BCUT2D eigenvalue weighted by atomic mass is 10.0. The Labute approximate surface area is 257 Å². The smallest absolute Gasteiger partial charge is 0.243 e. The number of hydrogen-bond donors (Lipinski definition) is 1. The van der Waals surface area contributed by atoms with Crippen LogP contribution in [0.4, 0.5) is 5.69 Å². The molecular weight excluding hydrogens is 605 g/mol. The van der Waals surface area contributed by atoms with Crippen molar-refractivity contribution in [3.8, 4) is 0 Å². The first kappa shape index (κ1) is 32.7. The number of rotatable bonds is 13. The van der Waals surface area contributed by atoms with E-state index in [4.69, 9.17) is 34.8 Å². The summed E-state index contributed by atoms with van der Waals surface area (Å²) >= 11 is 18.3. The van der Waals surface area contributed by atoms with E-state index in [0.29, 0.717) is 32.7 Å². The van der Waals surface area contributed by atoms with Crippen LogP contribution in [0.3, 0.4) is 0 Å². The van der Waals surface area contributed by atoms with Crippen molar-refractivity contribution in [2.45, 2.75) is 51.7 Å². The number of sulfonamides is 1. The topological polar surface area (TPSA) is 86.8 Å². The second kappa shape index (κ2) is 14.9. The van der Waals surface area contributed by atoms with E-state index in [2.05, 4.69) is 5.32 Å². The van der Waals surface area contributed by atoms with E-state index in [1.165, 1.54) is 9.21 Å². The first-order valence-corrected chi connectivity index (χ1v) is 16.1. The molecule has 0 fully saturated rings. The molecule has 2 amide bonds. The third-order valence-electron chi connectivity index (χ3n) is 6.31. The average Bonchev–Trinajstić information content (AvgIpc) is 2.90. The van der Waals surface area contributed by atoms with E-state index in [0.717, 1.165) is 11.8 Å². The Kier molecular flexibility index (Phi) is 11.9. The molecule has 0 saturated heterocycles. The van der Waals surface area contributed by atoms with Crippen molar-refractivity contribution in [1.82, 2.24) is 10.2 Å². The van der Waals surface area contributed by atoms with Crippen molar-refractivity contribution >= 4 is 62.3 Å². The summed E-state index contributed by atoms with van der Waals surface area (Å²) in [6, 6.07) is 20.1. The van der Waals surface area contributed by atoms with Gasteiger partial charge in [0.1, 0.15) is 6.04 Å². The van der Waals surface area contributed by atoms with Gasteiger partial charge in [0, 0.05) is 37.0 Å². The minimum atomic E-state index is -3.62. The number of halogens is 3. The number of hydrogen-bond acceptors (Lipinski definition) is 4. The fraction of sp³-hybridized carbons (Fsp3) is 0.333. The van der Waals surface area contributed by atoms with Gasteiger partial charge < -0.3 is 10.2 Å². The fourth-order valence-electron chi connectivity index (χ4n) is 4.38. The second-order valence-corrected chi connectivity index (χ2v) is 13.2. The summed E-state index contributed by atoms with van der Waals surface area (Å²) in [6.07, 6.45) is 1.66. The SMILES string of the molecule is CC(C)NC(=O)C(Cc1ccccc1)N(Cc1ccc(Cl)c(Cl)c1)C(=O)CCCN(c1ccc(Cl)cc1)S(C)(=O)=O. The van der Waals surface area contributed by atoms with Crippen LogP contribution in [0.25, 0.3) is 0 Å². The van der Waals surface area contributed by atoms with Gasteiger partial charge >= 0.3 is 0 Å². The summed E-state index contributed by atoms with van der Waals surface area (Å²) in [5.41, 5.74) is 2.06. The Morgan fingerprint density at radius 1 is 0.878 bits per heavy atom. The number of benzene rings is 3. The molecule has 3 aromatic carbocycles. The van der Waals surface area contributed by atoms with Gasteiger partial charge in [0.15, 0.2) is 0 Å². The van der Waals surface area contributed by atoms with Gasteiger partial charge in [-0.1, -0.05) is 71.2 Å². The van der Waals surface area contributed by atoms with Crippen molar-refractivity contribution in [3.63, 3.8) is 0 Å². The highest BCUT2D eigenvalue weighted by atomic mass is 35.5. The molecule has 1 atom stereocenters. The van der Waals surface area contributed by atoms with Gasteiger partial charge in [-0.25, -0.2) is 8.42 Å². The van der Waals surface area contributed by atoms with Gasteiger partial charge in [-0.15, -0.1) is 0 Å². The standard InChI is InChI=1S/C30H34Cl3N3O4S/c1-21(2)34-30(38)28(19-22-8-5-4-6-9-22)35(20-23-11-16-26(32)27(33)18-23)29(37)10-7-17-36(41(3,39)40)25-14-12-24(31)13-15-25/h4-6,8-9,11-16,18,21,28H,7,10,17,19-20H2,1-3H3,(H,34,38). The van der Waals surface area contributed by atoms with Crippen LogP contribution in [0.1, 0.15) is 37.8 Å². The molecule has 3 rings (SSSR count). The molecule has 0 spiro atoms. The van der Waals surface area contributed by atoms with Gasteiger partial charge in [-0.2, -0.15) is 0 Å². The number of amides is 2. The molecule has 0 radical (unpaired) electrons. The van der Waals surface area contributed by atoms with Gasteiger partial charge in [-0.05, 0) is 67.8 Å². The van der Waals surface area contributed by atoms with Gasteiger partial charge in [0.2, 0.25) is 21.8 Å². The third-order valence-corrected chi connectivity index (χ3v) is 8.49. The summed E-state index contributed by atoms with van der Waals surface area (Å²) in [6.45, 7) is 3.92. The number of nitrogens with one attached hydrogen (secondary N) is 1. The van der Waals surface area contributed by atoms with Gasteiger partial charge in [0.05, 0.1) is 22.0 Å². The zero-order chi connectivity index (χ0) is 30.2. The third kappa shape index (κ3) is 9.92. The first-order valence-electron chi connectivity index (χ1n) is 13.2. The van der Waals surface area contributed by atoms with E-state index in [-0.39, 0.29) is 43.8 Å². The highest BCUT2D eigenvalue weighted by molar-refractivity contribution is 7.92. The van der Waals surface area contributed by atoms with Crippen molar-refractivity contribution < 1.29 is 18.0 Å². The number of nitrogens with zero attached hydrogens (tertiary/aromatic N) is 2. The van der Waals surface area contributed by atoms with Crippen LogP contribution >= 0.6 is 34.8 Å². The molecule has 1 unspecified atom stereocenters. The molecule has 11 heteroatoms. The van der Waals surface area contributed by atoms with Crippen LogP contribution in [-0.2, 0) is 32.6 Å². The van der Waals surface area contributed by atoms with Gasteiger partial charge in [-0.3, -0.25) is 13.9 Å². The van der Waals surface area contributed by atoms with Crippen molar-refractivity contribution in [1.29, 1.82) is 0 Å². The molecule has 0 aliphatic heterocycles. The molecule has 0 aliphatic rings. The second-order valence-electron chi connectivity index (χ2n) is 10.1. The van der Waals surface area contributed by atoms with Crippen LogP contribution in [-0.4, -0.2) is 50.0 Å². The number of carbonyl (C=O) groups is 2. The molecule has 3 aromatic rings. The molecule has 7 nitrogen and oxygen atoms in total. The van der Waals surface area contributed by atoms with Crippen molar-refractivity contribution in [3.05, 3.63) is 99.0 Å². The van der Waals surface area contributed by atoms with Crippen molar-refractivity contribution in [2.24, 2.45) is 0 Å². The Bertz CT molecular complexity index is 1440. The summed E-state index contributed by atoms with van der Waals surface area (Å²) in [5.74, 6) is -0.573. The highest BCUT2D eigenvalue weighted by Gasteiger charge is 2.31. The molecule has 220 valence electrons. The maximum absolute atomic E-state index is 13.8. The predicted molar refractivity (Wildman–Crippen MR) is 167 cm³/mol. The summed E-state index contributed by atoms with van der Waals surface area (Å²) in [4.78, 5) is 28.9. The van der Waals surface area contributed by atoms with Crippen LogP contribution in [0.5, 0.6) is 0 Å². The zero-order valence-corrected chi connectivity index (χ0v) is 26.3. The Morgan fingerprint density at radius 3 is 2.12 bits per heavy atom. The Hall–Kier alpha value is -2.78. The van der Waals surface area contributed by atoms with Crippen molar-refractivity contribution in [2.75, 3.05) is 17.1 Å². The van der Waals surface area contributed by atoms with E-state index in [9.17, 15) is 18.0 Å². The van der Waals surface area contributed by atoms with E-state index >= 15 is 0 Å². The molecule has 0 saturated carbocycles. The summed E-state index contributed by atoms with van der Waals surface area (Å²) in [7, 11) is -3.62. The first-order chi connectivity index (χ1) is 19.3. The molecule has 0 bridgehead atoms. The van der Waals surface area contributed by atoms with Crippen LogP contribution in [0, 0.1) is 0 Å². The van der Waals surface area contributed by atoms with Crippen LogP contribution in [0.2, 0.25) is 15.1 Å². The summed E-state index contributed by atoms with van der Waals surface area (Å²) < 4.78 is 26.3. The molecule has 0 aromatic heterocycles. The van der Waals surface area contributed by atoms with Crippen LogP contribution in [0.15, 0.2) is 72.8 Å². The maximum atomic E-state index is 13.8. The fourth-order valence-corrected chi connectivity index (χ4v) is 5.79. The lowest BCUT2D eigenvalue weighted by Crippen LogP contribution is -2.51. The Morgan fingerprint density at radius 2 is 1.54 bits per heavy atom. The van der Waals surface area contributed by atoms with E-state index in [1.54, 1.807) is 42.5 Å². The zero-order valence-electron chi connectivity index (χ0n) is 23.2. The highest BCUT2D eigenvalue weighted by Crippen LogP contribution is 2.25. The number of carbonyl (C=O) groups excluding carboxylic acids is 2. The minimum Gasteiger partial charge on any atom is -0.352 e. The largest absolute Gasteiger partial charge is 0.352 e. The normalized spacial score (nSPS) is 12.2. The molecule has 0 heterocycles. The lowest BCUT2D eigenvalue weighted by molar-refractivity contribution is -0.141. The van der Waals surface area contributed by atoms with E-state index in [1.807, 2.05) is 44.2 Å². The average molecular weight is 639 g/mol. The Balaban J connectivity index is 1.90.